The van der Waals surface area contributed by atoms with Crippen LogP contribution in [-0.2, 0) is 0 Å². The molecule has 2 aromatic carbocycles. The molecule has 1 aliphatic rings. The number of rotatable bonds is 2. The molecule has 0 saturated heterocycles. The van der Waals surface area contributed by atoms with Crippen LogP contribution >= 0.6 is 27.5 Å². The van der Waals surface area contributed by atoms with E-state index in [2.05, 4.69) is 15.9 Å². The molecule has 3 rings (SSSR count). The Hall–Kier alpha value is -1.23. The van der Waals surface area contributed by atoms with Crippen LogP contribution in [0.3, 0.4) is 0 Å². The number of benzene rings is 2. The van der Waals surface area contributed by atoms with Crippen molar-refractivity contribution in [3.63, 3.8) is 0 Å². The molecule has 2 aromatic rings. The van der Waals surface area contributed by atoms with Crippen LogP contribution in [0.1, 0.15) is 17.2 Å². The molecule has 0 spiro atoms. The fourth-order valence-corrected chi connectivity index (χ4v) is 2.82. The van der Waals surface area contributed by atoms with E-state index in [4.69, 9.17) is 26.8 Å². The third-order valence-electron chi connectivity index (χ3n) is 3.24. The zero-order chi connectivity index (χ0) is 14.1. The van der Waals surface area contributed by atoms with Gasteiger partial charge in [-0.15, -0.1) is 0 Å². The lowest BCUT2D eigenvalue weighted by molar-refractivity contribution is 0.171. The molecule has 20 heavy (non-hydrogen) atoms. The van der Waals surface area contributed by atoms with Crippen LogP contribution in [0.25, 0.3) is 0 Å². The van der Waals surface area contributed by atoms with Crippen LogP contribution in [0, 0.1) is 0 Å². The van der Waals surface area contributed by atoms with Crippen molar-refractivity contribution < 1.29 is 9.47 Å². The Labute approximate surface area is 130 Å². The van der Waals surface area contributed by atoms with Gasteiger partial charge < -0.3 is 15.2 Å². The Balaban J connectivity index is 1.98. The summed E-state index contributed by atoms with van der Waals surface area (Å²) in [6, 6.07) is 11.2. The molecule has 0 saturated carbocycles. The molecular formula is C15H13BrClNO2. The first-order valence-electron chi connectivity index (χ1n) is 6.26. The molecule has 2 N–H and O–H groups in total. The standard InChI is InChI=1S/C15H13BrClNO2/c16-11-3-1-2-10(14(11)17)15(18)9-4-5-12-13(8-9)20-7-6-19-12/h1-5,8,15H,6-7,18H2. The van der Waals surface area contributed by atoms with Gasteiger partial charge in [0.05, 0.1) is 11.1 Å². The number of nitrogens with two attached hydrogens (primary N) is 1. The molecular weight excluding hydrogens is 342 g/mol. The first-order valence-corrected chi connectivity index (χ1v) is 7.43. The average Bonchev–Trinajstić information content (AvgIpc) is 2.49. The predicted octanol–water partition coefficient (Wildman–Crippen LogP) is 3.92. The highest BCUT2D eigenvalue weighted by Crippen LogP contribution is 2.36. The average molecular weight is 355 g/mol. The lowest BCUT2D eigenvalue weighted by atomic mass is 9.99. The van der Waals surface area contributed by atoms with E-state index in [0.29, 0.717) is 18.2 Å². The highest BCUT2D eigenvalue weighted by Gasteiger charge is 2.18. The Bertz CT molecular complexity index is 648. The summed E-state index contributed by atoms with van der Waals surface area (Å²) in [5.41, 5.74) is 8.13. The van der Waals surface area contributed by atoms with Crippen LogP contribution in [0.4, 0.5) is 0 Å². The number of hydrogen-bond acceptors (Lipinski definition) is 3. The molecule has 1 unspecified atom stereocenters. The molecule has 0 bridgehead atoms. The highest BCUT2D eigenvalue weighted by atomic mass is 79.9. The fourth-order valence-electron chi connectivity index (χ4n) is 2.19. The number of ether oxygens (including phenoxy) is 2. The molecule has 104 valence electrons. The Morgan fingerprint density at radius 2 is 1.85 bits per heavy atom. The fraction of sp³-hybridized carbons (Fsp3) is 0.200. The Kier molecular flexibility index (Phi) is 3.87. The summed E-state index contributed by atoms with van der Waals surface area (Å²) >= 11 is 9.71. The molecule has 1 aliphatic heterocycles. The van der Waals surface area contributed by atoms with Crippen molar-refractivity contribution in [1.29, 1.82) is 0 Å². The lowest BCUT2D eigenvalue weighted by Gasteiger charge is -2.21. The van der Waals surface area contributed by atoms with Crippen molar-refractivity contribution in [3.8, 4) is 11.5 Å². The Morgan fingerprint density at radius 3 is 2.65 bits per heavy atom. The van der Waals surface area contributed by atoms with Crippen molar-refractivity contribution in [2.24, 2.45) is 5.73 Å². The van der Waals surface area contributed by atoms with Gasteiger partial charge in [0.1, 0.15) is 13.2 Å². The largest absolute Gasteiger partial charge is 0.486 e. The molecule has 1 heterocycles. The van der Waals surface area contributed by atoms with Gasteiger partial charge in [0.25, 0.3) is 0 Å². The summed E-state index contributed by atoms with van der Waals surface area (Å²) in [4.78, 5) is 0. The van der Waals surface area contributed by atoms with E-state index in [9.17, 15) is 0 Å². The van der Waals surface area contributed by atoms with Crippen molar-refractivity contribution in [2.45, 2.75) is 6.04 Å². The second kappa shape index (κ2) is 5.64. The van der Waals surface area contributed by atoms with Gasteiger partial charge in [-0.3, -0.25) is 0 Å². The van der Waals surface area contributed by atoms with Gasteiger partial charge in [0.2, 0.25) is 0 Å². The second-order valence-electron chi connectivity index (χ2n) is 4.52. The normalized spacial score (nSPS) is 14.9. The molecule has 1 atom stereocenters. The van der Waals surface area contributed by atoms with Crippen LogP contribution in [0.15, 0.2) is 40.9 Å². The van der Waals surface area contributed by atoms with E-state index in [1.165, 1.54) is 0 Å². The molecule has 0 fully saturated rings. The van der Waals surface area contributed by atoms with Crippen LogP contribution < -0.4 is 15.2 Å². The smallest absolute Gasteiger partial charge is 0.161 e. The summed E-state index contributed by atoms with van der Waals surface area (Å²) in [6.07, 6.45) is 0. The topological polar surface area (TPSA) is 44.5 Å². The van der Waals surface area contributed by atoms with Crippen LogP contribution in [0.2, 0.25) is 5.02 Å². The Morgan fingerprint density at radius 1 is 1.10 bits per heavy atom. The quantitative estimate of drug-likeness (QED) is 0.889. The van der Waals surface area contributed by atoms with E-state index >= 15 is 0 Å². The zero-order valence-electron chi connectivity index (χ0n) is 10.6. The maximum absolute atomic E-state index is 6.32. The minimum atomic E-state index is -0.309. The van der Waals surface area contributed by atoms with Crippen molar-refractivity contribution in [3.05, 3.63) is 57.0 Å². The van der Waals surface area contributed by atoms with E-state index in [0.717, 1.165) is 27.1 Å². The van der Waals surface area contributed by atoms with E-state index in [1.54, 1.807) is 0 Å². The molecule has 0 aromatic heterocycles. The van der Waals surface area contributed by atoms with Gasteiger partial charge in [-0.05, 0) is 45.3 Å². The highest BCUT2D eigenvalue weighted by molar-refractivity contribution is 9.10. The third kappa shape index (κ3) is 2.51. The molecule has 0 amide bonds. The second-order valence-corrected chi connectivity index (χ2v) is 5.76. The van der Waals surface area contributed by atoms with Crippen LogP contribution in [0.5, 0.6) is 11.5 Å². The van der Waals surface area contributed by atoms with Crippen LogP contribution in [-0.4, -0.2) is 13.2 Å². The van der Waals surface area contributed by atoms with E-state index in [1.807, 2.05) is 36.4 Å². The van der Waals surface area contributed by atoms with E-state index < -0.39 is 0 Å². The maximum Gasteiger partial charge on any atom is 0.161 e. The summed E-state index contributed by atoms with van der Waals surface area (Å²) < 4.78 is 11.9. The third-order valence-corrected chi connectivity index (χ3v) is 4.55. The number of hydrogen-bond donors (Lipinski definition) is 1. The van der Waals surface area contributed by atoms with Crippen molar-refractivity contribution in [2.75, 3.05) is 13.2 Å². The maximum atomic E-state index is 6.32. The first-order chi connectivity index (χ1) is 9.66. The van der Waals surface area contributed by atoms with Gasteiger partial charge in [0, 0.05) is 4.47 Å². The SMILES string of the molecule is NC(c1ccc2c(c1)OCCO2)c1cccc(Br)c1Cl. The number of halogens is 2. The lowest BCUT2D eigenvalue weighted by Crippen LogP contribution is -2.17. The van der Waals surface area contributed by atoms with Crippen molar-refractivity contribution in [1.82, 2.24) is 0 Å². The monoisotopic (exact) mass is 353 g/mol. The van der Waals surface area contributed by atoms with E-state index in [-0.39, 0.29) is 6.04 Å². The summed E-state index contributed by atoms with van der Waals surface area (Å²) in [5, 5.41) is 0.634. The zero-order valence-corrected chi connectivity index (χ0v) is 12.9. The predicted molar refractivity (Wildman–Crippen MR) is 82.6 cm³/mol. The molecule has 3 nitrogen and oxygen atoms in total. The minimum Gasteiger partial charge on any atom is -0.486 e. The first kappa shape index (κ1) is 13.7. The molecule has 0 radical (unpaired) electrons. The van der Waals surface area contributed by atoms with Crippen molar-refractivity contribution >= 4 is 27.5 Å². The van der Waals surface area contributed by atoms with Gasteiger partial charge in [-0.25, -0.2) is 0 Å². The van der Waals surface area contributed by atoms with Gasteiger partial charge in [0.15, 0.2) is 11.5 Å². The minimum absolute atomic E-state index is 0.309. The summed E-state index contributed by atoms with van der Waals surface area (Å²) in [6.45, 7) is 1.14. The molecule has 5 heteroatoms. The number of fused-ring (bicyclic) bond motifs is 1. The summed E-state index contributed by atoms with van der Waals surface area (Å²) in [7, 11) is 0. The van der Waals surface area contributed by atoms with Gasteiger partial charge >= 0.3 is 0 Å². The summed E-state index contributed by atoms with van der Waals surface area (Å²) in [5.74, 6) is 1.49. The van der Waals surface area contributed by atoms with Gasteiger partial charge in [-0.1, -0.05) is 29.8 Å². The molecule has 0 aliphatic carbocycles. The van der Waals surface area contributed by atoms with Gasteiger partial charge in [-0.2, -0.15) is 0 Å².